The summed E-state index contributed by atoms with van der Waals surface area (Å²) >= 11 is 0. The van der Waals surface area contributed by atoms with Crippen LogP contribution in [0.15, 0.2) is 59.9 Å². The number of para-hydroxylation sites is 1. The molecular formula is C13H10N4O2S. The molecule has 6 nitrogen and oxygen atoms in total. The molecule has 2 heterocycles. The highest BCUT2D eigenvalue weighted by Crippen LogP contribution is 2.21. The molecule has 1 aromatic carbocycles. The molecule has 7 heteroatoms. The summed E-state index contributed by atoms with van der Waals surface area (Å²) in [6.07, 6.45) is 4.48. The number of anilines is 1. The number of pyridine rings is 1. The molecular weight excluding hydrogens is 276 g/mol. The molecule has 100 valence electrons. The first-order chi connectivity index (χ1) is 9.67. The highest BCUT2D eigenvalue weighted by molar-refractivity contribution is 7.93. The van der Waals surface area contributed by atoms with E-state index in [1.54, 1.807) is 36.5 Å². The molecule has 0 saturated heterocycles. The first-order valence-corrected chi connectivity index (χ1v) is 7.29. The first-order valence-electron chi connectivity index (χ1n) is 5.80. The van der Waals surface area contributed by atoms with Gasteiger partial charge in [-0.3, -0.25) is 4.98 Å². The normalized spacial score (nSPS) is 11.4. The van der Waals surface area contributed by atoms with E-state index < -0.39 is 10.0 Å². The van der Waals surface area contributed by atoms with Gasteiger partial charge in [-0.25, -0.2) is 23.1 Å². The molecule has 3 aromatic rings. The lowest BCUT2D eigenvalue weighted by Crippen LogP contribution is -2.15. The summed E-state index contributed by atoms with van der Waals surface area (Å²) in [7, 11) is -3.78. The molecule has 0 saturated carbocycles. The highest BCUT2D eigenvalue weighted by Gasteiger charge is 2.19. The summed E-state index contributed by atoms with van der Waals surface area (Å²) < 4.78 is 27.1. The monoisotopic (exact) mass is 286 g/mol. The quantitative estimate of drug-likeness (QED) is 0.794. The zero-order chi connectivity index (χ0) is 14.0. The highest BCUT2D eigenvalue weighted by atomic mass is 32.2. The van der Waals surface area contributed by atoms with Crippen LogP contribution in [0, 0.1) is 0 Å². The average molecular weight is 286 g/mol. The van der Waals surface area contributed by atoms with E-state index in [-0.39, 0.29) is 10.8 Å². The Kier molecular flexibility index (Phi) is 3.03. The number of hydrogen-bond acceptors (Lipinski definition) is 5. The predicted octanol–water partition coefficient (Wildman–Crippen LogP) is 1.83. The summed E-state index contributed by atoms with van der Waals surface area (Å²) in [5.41, 5.74) is 0.415. The molecule has 2 aromatic heterocycles. The van der Waals surface area contributed by atoms with Crippen LogP contribution in [0.5, 0.6) is 0 Å². The van der Waals surface area contributed by atoms with Gasteiger partial charge < -0.3 is 0 Å². The van der Waals surface area contributed by atoms with Crippen LogP contribution in [-0.4, -0.2) is 23.4 Å². The standard InChI is InChI=1S/C13H10N4O2S/c18-20(19,17-13-15-8-3-9-16-13)11-6-1-4-10-5-2-7-14-12(10)11/h1-9H,(H,15,16,17). The van der Waals surface area contributed by atoms with Crippen molar-refractivity contribution < 1.29 is 8.42 Å². The maximum atomic E-state index is 12.4. The molecule has 0 aliphatic heterocycles. The van der Waals surface area contributed by atoms with E-state index in [9.17, 15) is 8.42 Å². The Bertz CT molecular complexity index is 845. The summed E-state index contributed by atoms with van der Waals surface area (Å²) in [5.74, 6) is 0.0282. The number of rotatable bonds is 3. The van der Waals surface area contributed by atoms with Crippen LogP contribution >= 0.6 is 0 Å². The van der Waals surface area contributed by atoms with E-state index in [0.29, 0.717) is 5.52 Å². The van der Waals surface area contributed by atoms with Gasteiger partial charge in [-0.15, -0.1) is 0 Å². The number of nitrogens with one attached hydrogen (secondary N) is 1. The minimum absolute atomic E-state index is 0.0282. The summed E-state index contributed by atoms with van der Waals surface area (Å²) in [6, 6.07) is 10.1. The van der Waals surface area contributed by atoms with Crippen molar-refractivity contribution in [3.8, 4) is 0 Å². The number of hydrogen-bond donors (Lipinski definition) is 1. The van der Waals surface area contributed by atoms with Gasteiger partial charge in [-0.05, 0) is 18.2 Å². The van der Waals surface area contributed by atoms with Crippen molar-refractivity contribution in [1.29, 1.82) is 0 Å². The van der Waals surface area contributed by atoms with Crippen LogP contribution in [0.25, 0.3) is 10.9 Å². The van der Waals surface area contributed by atoms with E-state index in [4.69, 9.17) is 0 Å². The molecule has 1 N–H and O–H groups in total. The van der Waals surface area contributed by atoms with Crippen LogP contribution in [0.3, 0.4) is 0 Å². The minimum Gasteiger partial charge on any atom is -0.255 e. The Morgan fingerprint density at radius 2 is 1.55 bits per heavy atom. The van der Waals surface area contributed by atoms with E-state index in [1.165, 1.54) is 18.5 Å². The minimum atomic E-state index is -3.78. The lowest BCUT2D eigenvalue weighted by molar-refractivity contribution is 0.601. The Balaban J connectivity index is 2.10. The molecule has 0 bridgehead atoms. The van der Waals surface area contributed by atoms with E-state index in [0.717, 1.165) is 5.39 Å². The van der Waals surface area contributed by atoms with Gasteiger partial charge >= 0.3 is 0 Å². The summed E-state index contributed by atoms with van der Waals surface area (Å²) in [5, 5.41) is 0.754. The second-order valence-corrected chi connectivity index (χ2v) is 5.66. The molecule has 3 rings (SSSR count). The molecule has 20 heavy (non-hydrogen) atoms. The van der Waals surface area contributed by atoms with Crippen LogP contribution in [0.1, 0.15) is 0 Å². The fraction of sp³-hybridized carbons (Fsp3) is 0. The van der Waals surface area contributed by atoms with Crippen LogP contribution < -0.4 is 4.72 Å². The first kappa shape index (κ1) is 12.5. The number of fused-ring (bicyclic) bond motifs is 1. The van der Waals surface area contributed by atoms with E-state index in [1.807, 2.05) is 0 Å². The molecule has 0 aliphatic carbocycles. The molecule has 0 radical (unpaired) electrons. The van der Waals surface area contributed by atoms with Crippen molar-refractivity contribution in [2.75, 3.05) is 4.72 Å². The Hall–Kier alpha value is -2.54. The van der Waals surface area contributed by atoms with Crippen molar-refractivity contribution in [2.24, 2.45) is 0 Å². The Labute approximate surface area is 115 Å². The maximum Gasteiger partial charge on any atom is 0.266 e. The van der Waals surface area contributed by atoms with Crippen molar-refractivity contribution >= 4 is 26.9 Å². The number of benzene rings is 1. The summed E-state index contributed by atoms with van der Waals surface area (Å²) in [6.45, 7) is 0. The lowest BCUT2D eigenvalue weighted by atomic mass is 10.2. The van der Waals surface area contributed by atoms with Crippen LogP contribution in [0.4, 0.5) is 5.95 Å². The SMILES string of the molecule is O=S(=O)(Nc1ncccn1)c1cccc2cccnc12. The van der Waals surface area contributed by atoms with E-state index in [2.05, 4.69) is 19.7 Å². The zero-order valence-corrected chi connectivity index (χ0v) is 11.1. The molecule has 0 unspecified atom stereocenters. The third-order valence-electron chi connectivity index (χ3n) is 2.68. The van der Waals surface area contributed by atoms with Gasteiger partial charge in [0.2, 0.25) is 5.95 Å². The van der Waals surface area contributed by atoms with Crippen LogP contribution in [-0.2, 0) is 10.0 Å². The largest absolute Gasteiger partial charge is 0.266 e. The summed E-state index contributed by atoms with van der Waals surface area (Å²) in [4.78, 5) is 11.9. The molecule has 0 aliphatic rings. The zero-order valence-electron chi connectivity index (χ0n) is 10.3. The van der Waals surface area contributed by atoms with Crippen molar-refractivity contribution in [1.82, 2.24) is 15.0 Å². The van der Waals surface area contributed by atoms with E-state index >= 15 is 0 Å². The van der Waals surface area contributed by atoms with Gasteiger partial charge in [0, 0.05) is 24.0 Å². The third kappa shape index (κ3) is 2.30. The number of nitrogens with zero attached hydrogens (tertiary/aromatic N) is 3. The molecule has 0 spiro atoms. The van der Waals surface area contributed by atoms with Crippen molar-refractivity contribution in [2.45, 2.75) is 4.90 Å². The van der Waals surface area contributed by atoms with Gasteiger partial charge in [0.05, 0.1) is 5.52 Å². The van der Waals surface area contributed by atoms with Gasteiger partial charge in [0.15, 0.2) is 0 Å². The molecule has 0 fully saturated rings. The fourth-order valence-electron chi connectivity index (χ4n) is 1.82. The fourth-order valence-corrected chi connectivity index (χ4v) is 2.96. The smallest absolute Gasteiger partial charge is 0.255 e. The lowest BCUT2D eigenvalue weighted by Gasteiger charge is -2.08. The van der Waals surface area contributed by atoms with Gasteiger partial charge in [-0.2, -0.15) is 0 Å². The molecule has 0 atom stereocenters. The Morgan fingerprint density at radius 3 is 2.35 bits per heavy atom. The number of sulfonamides is 1. The second-order valence-electron chi connectivity index (χ2n) is 4.01. The topological polar surface area (TPSA) is 84.8 Å². The third-order valence-corrected chi connectivity index (χ3v) is 4.04. The van der Waals surface area contributed by atoms with Gasteiger partial charge in [0.1, 0.15) is 4.90 Å². The number of aromatic nitrogens is 3. The maximum absolute atomic E-state index is 12.4. The van der Waals surface area contributed by atoms with Gasteiger partial charge in [0.25, 0.3) is 10.0 Å². The average Bonchev–Trinajstić information content (AvgIpc) is 2.47. The second kappa shape index (κ2) is 4.86. The van der Waals surface area contributed by atoms with Crippen molar-refractivity contribution in [3.05, 3.63) is 55.0 Å². The van der Waals surface area contributed by atoms with Gasteiger partial charge in [-0.1, -0.05) is 18.2 Å². The molecule has 0 amide bonds. The Morgan fingerprint density at radius 1 is 0.850 bits per heavy atom. The van der Waals surface area contributed by atoms with Crippen LogP contribution in [0.2, 0.25) is 0 Å². The van der Waals surface area contributed by atoms with Crippen molar-refractivity contribution in [3.63, 3.8) is 0 Å². The predicted molar refractivity (Wildman–Crippen MR) is 74.6 cm³/mol.